The van der Waals surface area contributed by atoms with E-state index in [1.54, 1.807) is 19.2 Å². The minimum atomic E-state index is -4.74. The van der Waals surface area contributed by atoms with Crippen LogP contribution in [0.2, 0.25) is 5.02 Å². The van der Waals surface area contributed by atoms with E-state index < -0.39 is 36.4 Å². The van der Waals surface area contributed by atoms with Gasteiger partial charge in [0.25, 0.3) is 0 Å². The number of benzene rings is 1. The lowest BCUT2D eigenvalue weighted by molar-refractivity contribution is 0.0505. The van der Waals surface area contributed by atoms with Crippen molar-refractivity contribution in [3.8, 4) is 5.75 Å². The summed E-state index contributed by atoms with van der Waals surface area (Å²) in [5.41, 5.74) is -0.668. The van der Waals surface area contributed by atoms with Crippen LogP contribution in [0, 0.1) is 0 Å². The van der Waals surface area contributed by atoms with E-state index in [-0.39, 0.29) is 17.4 Å². The van der Waals surface area contributed by atoms with Gasteiger partial charge in [-0.25, -0.2) is 13.8 Å². The molecule has 2 N–H and O–H groups in total. The van der Waals surface area contributed by atoms with E-state index in [4.69, 9.17) is 25.4 Å². The molecule has 13 heteroatoms. The average molecular weight is 480 g/mol. The molecule has 5 atom stereocenters. The number of anilines is 1. The van der Waals surface area contributed by atoms with E-state index in [0.717, 1.165) is 16.3 Å². The SMILES string of the molecule is CNc1ccn([C@@H]2S[C@H](COC)[C@@H](OP(=O)(O)Oc3ccccc3Cl)[C@@H]2F)c(=O)n1. The molecule has 1 aromatic carbocycles. The van der Waals surface area contributed by atoms with Crippen LogP contribution in [0.5, 0.6) is 5.75 Å². The molecule has 1 unspecified atom stereocenters. The third-order valence-electron chi connectivity index (χ3n) is 4.26. The van der Waals surface area contributed by atoms with Gasteiger partial charge in [0.2, 0.25) is 0 Å². The third-order valence-corrected chi connectivity index (χ3v) is 7.03. The molecule has 1 saturated heterocycles. The van der Waals surface area contributed by atoms with Gasteiger partial charge in [-0.1, -0.05) is 23.7 Å². The minimum absolute atomic E-state index is 0.0229. The van der Waals surface area contributed by atoms with Crippen molar-refractivity contribution in [1.82, 2.24) is 9.55 Å². The molecule has 0 aliphatic carbocycles. The number of thioether (sulfide) groups is 1. The number of nitrogens with one attached hydrogen (secondary N) is 1. The number of methoxy groups -OCH3 is 1. The number of phosphoric acid groups is 1. The van der Waals surface area contributed by atoms with Crippen LogP contribution in [0.25, 0.3) is 0 Å². The zero-order valence-corrected chi connectivity index (χ0v) is 18.4. The molecular weight excluding hydrogens is 460 g/mol. The number of halogens is 2. The van der Waals surface area contributed by atoms with Crippen LogP contribution in [-0.4, -0.2) is 52.7 Å². The Kier molecular flexibility index (Phi) is 7.43. The molecule has 0 amide bonds. The molecule has 0 spiro atoms. The van der Waals surface area contributed by atoms with Crippen molar-refractivity contribution in [2.45, 2.75) is 22.9 Å². The second-order valence-corrected chi connectivity index (χ2v) is 9.38. The van der Waals surface area contributed by atoms with Gasteiger partial charge >= 0.3 is 13.5 Å². The maximum Gasteiger partial charge on any atom is 0.527 e. The molecule has 3 rings (SSSR count). The quantitative estimate of drug-likeness (QED) is 0.551. The van der Waals surface area contributed by atoms with Gasteiger partial charge in [0, 0.05) is 20.4 Å². The molecule has 2 heterocycles. The lowest BCUT2D eigenvalue weighted by Gasteiger charge is -2.23. The van der Waals surface area contributed by atoms with Crippen molar-refractivity contribution in [2.75, 3.05) is 26.1 Å². The Bertz CT molecular complexity index is 998. The Morgan fingerprint density at radius 2 is 2.13 bits per heavy atom. The van der Waals surface area contributed by atoms with Crippen LogP contribution in [0.3, 0.4) is 0 Å². The van der Waals surface area contributed by atoms with Gasteiger partial charge < -0.3 is 14.6 Å². The van der Waals surface area contributed by atoms with Gasteiger partial charge in [-0.15, -0.1) is 11.8 Å². The highest BCUT2D eigenvalue weighted by Crippen LogP contribution is 2.53. The van der Waals surface area contributed by atoms with Gasteiger partial charge in [0.05, 0.1) is 16.9 Å². The first-order chi connectivity index (χ1) is 14.3. The van der Waals surface area contributed by atoms with Crippen molar-refractivity contribution < 1.29 is 27.6 Å². The van der Waals surface area contributed by atoms with Crippen LogP contribution in [-0.2, 0) is 13.8 Å². The van der Waals surface area contributed by atoms with Gasteiger partial charge in [0.15, 0.2) is 6.17 Å². The molecule has 1 fully saturated rings. The molecule has 9 nitrogen and oxygen atoms in total. The first kappa shape index (κ1) is 23.1. The molecule has 0 bridgehead atoms. The predicted molar refractivity (Wildman–Crippen MR) is 112 cm³/mol. The fourth-order valence-electron chi connectivity index (χ4n) is 2.91. The van der Waals surface area contributed by atoms with Crippen LogP contribution in [0.1, 0.15) is 5.37 Å². The molecule has 1 aliphatic rings. The molecule has 1 aliphatic heterocycles. The molecule has 0 saturated carbocycles. The number of rotatable bonds is 8. The Balaban J connectivity index is 1.83. The molecule has 0 radical (unpaired) electrons. The highest BCUT2D eigenvalue weighted by molar-refractivity contribution is 8.00. The van der Waals surface area contributed by atoms with Gasteiger partial charge in [-0.3, -0.25) is 14.0 Å². The van der Waals surface area contributed by atoms with Crippen molar-refractivity contribution in [2.24, 2.45) is 0 Å². The van der Waals surface area contributed by atoms with Crippen molar-refractivity contribution in [1.29, 1.82) is 0 Å². The lowest BCUT2D eigenvalue weighted by atomic mass is 10.1. The van der Waals surface area contributed by atoms with E-state index in [1.165, 1.54) is 31.5 Å². The minimum Gasteiger partial charge on any atom is -0.403 e. The maximum atomic E-state index is 15.3. The topological polar surface area (TPSA) is 112 Å². The second kappa shape index (κ2) is 9.67. The molecule has 164 valence electrons. The summed E-state index contributed by atoms with van der Waals surface area (Å²) in [6, 6.07) is 7.55. The number of ether oxygens (including phenoxy) is 1. The van der Waals surface area contributed by atoms with Gasteiger partial charge in [-0.05, 0) is 18.2 Å². The Morgan fingerprint density at radius 3 is 2.77 bits per heavy atom. The Morgan fingerprint density at radius 1 is 1.40 bits per heavy atom. The smallest absolute Gasteiger partial charge is 0.403 e. The van der Waals surface area contributed by atoms with Gasteiger partial charge in [0.1, 0.15) is 23.0 Å². The zero-order chi connectivity index (χ0) is 21.9. The zero-order valence-electron chi connectivity index (χ0n) is 16.0. The van der Waals surface area contributed by atoms with Crippen LogP contribution in [0.4, 0.5) is 10.2 Å². The highest BCUT2D eigenvalue weighted by atomic mass is 35.5. The normalized spacial score (nSPS) is 25.6. The van der Waals surface area contributed by atoms with Crippen molar-refractivity contribution in [3.63, 3.8) is 0 Å². The average Bonchev–Trinajstić information content (AvgIpc) is 2.99. The lowest BCUT2D eigenvalue weighted by Crippen LogP contribution is -2.35. The van der Waals surface area contributed by atoms with E-state index in [0.29, 0.717) is 5.82 Å². The van der Waals surface area contributed by atoms with Crippen molar-refractivity contribution in [3.05, 3.63) is 52.0 Å². The molecule has 30 heavy (non-hydrogen) atoms. The molecule has 1 aromatic heterocycles. The van der Waals surface area contributed by atoms with E-state index in [1.807, 2.05) is 0 Å². The number of hydrogen-bond donors (Lipinski definition) is 2. The molecular formula is C17H20ClFN3O6PS. The fraction of sp³-hybridized carbons (Fsp3) is 0.412. The number of alkyl halides is 1. The van der Waals surface area contributed by atoms with Gasteiger partial charge in [-0.2, -0.15) is 4.98 Å². The summed E-state index contributed by atoms with van der Waals surface area (Å²) in [5, 5.41) is 1.12. The largest absolute Gasteiger partial charge is 0.527 e. The number of phosphoric ester groups is 1. The summed E-state index contributed by atoms with van der Waals surface area (Å²) in [6.07, 6.45) is -1.80. The van der Waals surface area contributed by atoms with Crippen LogP contribution in [0.15, 0.2) is 41.3 Å². The number of hydrogen-bond acceptors (Lipinski definition) is 8. The summed E-state index contributed by atoms with van der Waals surface area (Å²) in [6.45, 7) is 0.0229. The van der Waals surface area contributed by atoms with E-state index in [9.17, 15) is 14.3 Å². The summed E-state index contributed by atoms with van der Waals surface area (Å²) in [5.74, 6) is 0.262. The maximum absolute atomic E-state index is 15.3. The van der Waals surface area contributed by atoms with Crippen LogP contribution >= 0.6 is 31.2 Å². The first-order valence-corrected chi connectivity index (χ1v) is 11.6. The Hall–Kier alpha value is -1.62. The summed E-state index contributed by atoms with van der Waals surface area (Å²) in [4.78, 5) is 26.3. The molecule has 2 aromatic rings. The number of nitrogens with zero attached hydrogens (tertiary/aromatic N) is 2. The monoisotopic (exact) mass is 479 g/mol. The third kappa shape index (κ3) is 5.16. The van der Waals surface area contributed by atoms with E-state index in [2.05, 4.69) is 10.3 Å². The number of aromatic nitrogens is 2. The van der Waals surface area contributed by atoms with Crippen molar-refractivity contribution >= 4 is 37.0 Å². The second-order valence-electron chi connectivity index (χ2n) is 6.28. The standard InChI is InChI=1S/C17H20ClFN3O6PS/c1-20-13-7-8-22(17(23)21-13)16-14(19)15(12(30-16)9-26-2)28-29(24,25)27-11-6-4-3-5-10(11)18/h3-8,12,14-16H,9H2,1-2H3,(H,24,25)(H,20,21,23)/t12-,14+,15-,16-/m1/s1. The summed E-state index contributed by atoms with van der Waals surface area (Å²) < 4.78 is 44.2. The summed E-state index contributed by atoms with van der Waals surface area (Å²) in [7, 11) is -1.73. The first-order valence-electron chi connectivity index (χ1n) is 8.76. The van der Waals surface area contributed by atoms with E-state index >= 15 is 4.39 Å². The summed E-state index contributed by atoms with van der Waals surface area (Å²) >= 11 is 6.98. The Labute approximate surface area is 181 Å². The van der Waals surface area contributed by atoms with Crippen LogP contribution < -0.4 is 15.5 Å². The number of para-hydroxylation sites is 1. The predicted octanol–water partition coefficient (Wildman–Crippen LogP) is 3.10. The highest BCUT2D eigenvalue weighted by Gasteiger charge is 2.50. The fourth-order valence-corrected chi connectivity index (χ4v) is 5.77.